The van der Waals surface area contributed by atoms with Crippen LogP contribution in [0.1, 0.15) is 32.7 Å². The molecule has 0 aliphatic carbocycles. The summed E-state index contributed by atoms with van der Waals surface area (Å²) in [5.41, 5.74) is 0.673. The van der Waals surface area contributed by atoms with E-state index in [9.17, 15) is 22.4 Å². The Morgan fingerprint density at radius 1 is 1.04 bits per heavy atom. The Labute approximate surface area is 157 Å². The lowest BCUT2D eigenvalue weighted by atomic mass is 9.98. The molecule has 1 aliphatic heterocycles. The van der Waals surface area contributed by atoms with Crippen LogP contribution < -0.4 is 5.32 Å². The zero-order valence-electron chi connectivity index (χ0n) is 14.5. The van der Waals surface area contributed by atoms with Gasteiger partial charge in [0.05, 0.1) is 11.3 Å². The zero-order valence-corrected chi connectivity index (χ0v) is 15.3. The van der Waals surface area contributed by atoms with Gasteiger partial charge in [0.15, 0.2) is 5.78 Å². The molecule has 6 nitrogen and oxygen atoms in total. The summed E-state index contributed by atoms with van der Waals surface area (Å²) in [7, 11) is -3.21. The fourth-order valence-electron chi connectivity index (χ4n) is 2.97. The summed E-state index contributed by atoms with van der Waals surface area (Å²) in [4.78, 5) is 25.2. The average molecular weight is 390 g/mol. The van der Waals surface area contributed by atoms with Crippen molar-refractivity contribution in [2.24, 2.45) is 0 Å². The van der Waals surface area contributed by atoms with Crippen molar-refractivity contribution in [1.29, 1.82) is 0 Å². The van der Waals surface area contributed by atoms with Gasteiger partial charge < -0.3 is 5.32 Å². The van der Waals surface area contributed by atoms with Gasteiger partial charge in [-0.25, -0.2) is 17.1 Å². The Morgan fingerprint density at radius 2 is 1.70 bits per heavy atom. The van der Waals surface area contributed by atoms with Crippen LogP contribution in [-0.2, 0) is 10.0 Å². The summed E-state index contributed by atoms with van der Waals surface area (Å²) in [6.07, 6.45) is 0.589. The fraction of sp³-hybridized carbons (Fsp3) is 0.263. The summed E-state index contributed by atoms with van der Waals surface area (Å²) >= 11 is 0. The molecule has 1 heterocycles. The van der Waals surface area contributed by atoms with E-state index in [0.717, 1.165) is 0 Å². The fourth-order valence-corrected chi connectivity index (χ4v) is 4.50. The molecule has 1 amide bonds. The van der Waals surface area contributed by atoms with Crippen molar-refractivity contribution in [3.63, 3.8) is 0 Å². The zero-order chi connectivity index (χ0) is 19.4. The molecule has 0 radical (unpaired) electrons. The number of nitrogens with zero attached hydrogens (tertiary/aromatic N) is 1. The molecule has 3 rings (SSSR count). The first-order chi connectivity index (χ1) is 12.9. The van der Waals surface area contributed by atoms with Crippen LogP contribution in [0.2, 0.25) is 0 Å². The Morgan fingerprint density at radius 3 is 2.33 bits per heavy atom. The van der Waals surface area contributed by atoms with Crippen LogP contribution in [0.3, 0.4) is 0 Å². The smallest absolute Gasteiger partial charge is 0.252 e. The minimum Gasteiger partial charge on any atom is -0.351 e. The quantitative estimate of drug-likeness (QED) is 0.763. The molecule has 2 aromatic carbocycles. The van der Waals surface area contributed by atoms with Gasteiger partial charge >= 0.3 is 0 Å². The lowest BCUT2D eigenvalue weighted by Crippen LogP contribution is -2.36. The number of rotatable bonds is 6. The molecule has 0 unspecified atom stereocenters. The average Bonchev–Trinajstić information content (AvgIpc) is 3.00. The van der Waals surface area contributed by atoms with Crippen molar-refractivity contribution in [3.05, 3.63) is 71.0 Å². The monoisotopic (exact) mass is 390 g/mol. The molecule has 0 bridgehead atoms. The molecular weight excluding hydrogens is 371 g/mol. The highest BCUT2D eigenvalue weighted by Crippen LogP contribution is 2.16. The third-order valence-corrected chi connectivity index (χ3v) is 6.33. The number of carbonyl (C=O) groups excluding carboxylic acids is 2. The highest BCUT2D eigenvalue weighted by Gasteiger charge is 2.27. The summed E-state index contributed by atoms with van der Waals surface area (Å²) in [5.74, 6) is -1.16. The largest absolute Gasteiger partial charge is 0.351 e. The van der Waals surface area contributed by atoms with Crippen molar-refractivity contribution in [2.75, 3.05) is 25.4 Å². The molecule has 1 N–H and O–H groups in total. The summed E-state index contributed by atoms with van der Waals surface area (Å²) in [5, 5.41) is 2.66. The molecule has 1 saturated heterocycles. The second-order valence-electron chi connectivity index (χ2n) is 6.21. The number of ketones is 1. The van der Waals surface area contributed by atoms with Gasteiger partial charge in [0.2, 0.25) is 10.0 Å². The van der Waals surface area contributed by atoms with Crippen LogP contribution in [-0.4, -0.2) is 49.8 Å². The van der Waals surface area contributed by atoms with Gasteiger partial charge in [-0.2, -0.15) is 0 Å². The standard InChI is InChI=1S/C19H19FN2O4S/c20-15-8-6-14(7-9-15)18(23)16-4-1-2-5-17(16)19(24)21-10-12-22-11-3-13-27(22,25)26/h1-2,4-9H,3,10-13H2,(H,21,24). The van der Waals surface area contributed by atoms with E-state index in [1.54, 1.807) is 12.1 Å². The second-order valence-corrected chi connectivity index (χ2v) is 8.29. The number of halogens is 1. The number of hydrogen-bond donors (Lipinski definition) is 1. The van der Waals surface area contributed by atoms with Crippen LogP contribution in [0.15, 0.2) is 48.5 Å². The van der Waals surface area contributed by atoms with Crippen molar-refractivity contribution in [1.82, 2.24) is 9.62 Å². The molecule has 1 aliphatic rings. The van der Waals surface area contributed by atoms with Gasteiger partial charge in [0.25, 0.3) is 5.91 Å². The van der Waals surface area contributed by atoms with Gasteiger partial charge in [-0.05, 0) is 36.8 Å². The predicted molar refractivity (Wildman–Crippen MR) is 98.6 cm³/mol. The Hall–Kier alpha value is -2.58. The van der Waals surface area contributed by atoms with Gasteiger partial charge in [0.1, 0.15) is 5.82 Å². The molecule has 0 spiro atoms. The first kappa shape index (κ1) is 19.2. The van der Waals surface area contributed by atoms with Crippen LogP contribution >= 0.6 is 0 Å². The molecule has 27 heavy (non-hydrogen) atoms. The second kappa shape index (κ2) is 7.98. The third-order valence-electron chi connectivity index (χ3n) is 4.37. The van der Waals surface area contributed by atoms with Crippen LogP contribution in [0.25, 0.3) is 0 Å². The van der Waals surface area contributed by atoms with Gasteiger partial charge in [-0.1, -0.05) is 18.2 Å². The summed E-state index contributed by atoms with van der Waals surface area (Å²) < 4.78 is 38.0. The van der Waals surface area contributed by atoms with Crippen LogP contribution in [0.4, 0.5) is 4.39 Å². The van der Waals surface area contributed by atoms with E-state index in [1.165, 1.54) is 40.7 Å². The molecule has 0 aromatic heterocycles. The van der Waals surface area contributed by atoms with Crippen LogP contribution in [0.5, 0.6) is 0 Å². The van der Waals surface area contributed by atoms with E-state index in [0.29, 0.717) is 13.0 Å². The number of amides is 1. The number of hydrogen-bond acceptors (Lipinski definition) is 4. The maximum absolute atomic E-state index is 13.1. The van der Waals surface area contributed by atoms with Gasteiger partial charge in [-0.3, -0.25) is 9.59 Å². The predicted octanol–water partition coefficient (Wildman–Crippen LogP) is 1.82. The van der Waals surface area contributed by atoms with E-state index in [4.69, 9.17) is 0 Å². The molecular formula is C19H19FN2O4S. The van der Waals surface area contributed by atoms with E-state index >= 15 is 0 Å². The number of carbonyl (C=O) groups is 2. The Balaban J connectivity index is 1.70. The van der Waals surface area contributed by atoms with Crippen molar-refractivity contribution in [2.45, 2.75) is 6.42 Å². The molecule has 8 heteroatoms. The first-order valence-electron chi connectivity index (χ1n) is 8.54. The first-order valence-corrected chi connectivity index (χ1v) is 10.1. The lowest BCUT2D eigenvalue weighted by Gasteiger charge is -2.15. The molecule has 2 aromatic rings. The topological polar surface area (TPSA) is 83.6 Å². The SMILES string of the molecule is O=C(NCCN1CCCS1(=O)=O)c1ccccc1C(=O)c1ccc(F)cc1. The minimum absolute atomic E-state index is 0.135. The summed E-state index contributed by atoms with van der Waals surface area (Å²) in [6.45, 7) is 0.803. The Bertz CT molecular complexity index is 958. The van der Waals surface area contributed by atoms with E-state index < -0.39 is 21.7 Å². The van der Waals surface area contributed by atoms with Crippen molar-refractivity contribution >= 4 is 21.7 Å². The maximum Gasteiger partial charge on any atom is 0.252 e. The highest BCUT2D eigenvalue weighted by atomic mass is 32.2. The normalized spacial score (nSPS) is 16.2. The minimum atomic E-state index is -3.21. The number of nitrogens with one attached hydrogen (secondary N) is 1. The van der Waals surface area contributed by atoms with E-state index in [2.05, 4.69) is 5.32 Å². The number of sulfonamides is 1. The number of benzene rings is 2. The molecule has 0 atom stereocenters. The van der Waals surface area contributed by atoms with E-state index in [1.807, 2.05) is 0 Å². The molecule has 0 saturated carbocycles. The summed E-state index contributed by atoms with van der Waals surface area (Å²) in [6, 6.07) is 11.4. The Kier molecular flexibility index (Phi) is 5.67. The van der Waals surface area contributed by atoms with Crippen molar-refractivity contribution < 1.29 is 22.4 Å². The van der Waals surface area contributed by atoms with Crippen molar-refractivity contribution in [3.8, 4) is 0 Å². The van der Waals surface area contributed by atoms with Gasteiger partial charge in [-0.15, -0.1) is 0 Å². The maximum atomic E-state index is 13.1. The van der Waals surface area contributed by atoms with Crippen LogP contribution in [0, 0.1) is 5.82 Å². The highest BCUT2D eigenvalue weighted by molar-refractivity contribution is 7.89. The third kappa shape index (κ3) is 4.40. The molecule has 1 fully saturated rings. The lowest BCUT2D eigenvalue weighted by molar-refractivity contribution is 0.0940. The van der Waals surface area contributed by atoms with E-state index in [-0.39, 0.29) is 41.3 Å². The molecule has 142 valence electrons. The van der Waals surface area contributed by atoms with Gasteiger partial charge in [0, 0.05) is 30.8 Å².